The zero-order valence-corrected chi connectivity index (χ0v) is 11.3. The molecule has 2 aliphatic rings. The number of thiocarbonyl (C=S) groups is 1. The van der Waals surface area contributed by atoms with E-state index in [0.29, 0.717) is 5.11 Å². The maximum Gasteiger partial charge on any atom is 0.410 e. The van der Waals surface area contributed by atoms with E-state index in [1.54, 1.807) is 4.90 Å². The number of amides is 1. The van der Waals surface area contributed by atoms with Gasteiger partial charge in [-0.3, -0.25) is 0 Å². The molecule has 2 saturated heterocycles. The largest absolute Gasteiger partial charge is 0.444 e. The molecule has 0 aromatic rings. The summed E-state index contributed by atoms with van der Waals surface area (Å²) in [6, 6.07) is 0. The summed E-state index contributed by atoms with van der Waals surface area (Å²) in [7, 11) is 0. The Kier molecular flexibility index (Phi) is 2.72. The molecule has 0 aromatic heterocycles. The highest BCUT2D eigenvalue weighted by molar-refractivity contribution is 7.80. The first kappa shape index (κ1) is 12.4. The van der Waals surface area contributed by atoms with Gasteiger partial charge in [0.15, 0.2) is 5.11 Å². The lowest BCUT2D eigenvalue weighted by molar-refractivity contribution is -0.0883. The molecule has 0 bridgehead atoms. The summed E-state index contributed by atoms with van der Waals surface area (Å²) < 4.78 is 5.30. The summed E-state index contributed by atoms with van der Waals surface area (Å²) in [5.41, 5.74) is 5.31. The van der Waals surface area contributed by atoms with Crippen LogP contribution in [0.15, 0.2) is 0 Å². The number of hydrogen-bond acceptors (Lipinski definition) is 3. The van der Waals surface area contributed by atoms with Crippen LogP contribution in [-0.2, 0) is 4.74 Å². The van der Waals surface area contributed by atoms with E-state index in [0.717, 1.165) is 26.2 Å². The average molecular weight is 257 g/mol. The van der Waals surface area contributed by atoms with Gasteiger partial charge in [0.2, 0.25) is 0 Å². The molecule has 17 heavy (non-hydrogen) atoms. The van der Waals surface area contributed by atoms with E-state index in [9.17, 15) is 4.79 Å². The molecular weight excluding hydrogens is 238 g/mol. The van der Waals surface area contributed by atoms with E-state index in [1.807, 2.05) is 25.7 Å². The Morgan fingerprint density at radius 2 is 1.71 bits per heavy atom. The number of carbonyl (C=O) groups is 1. The fourth-order valence-corrected chi connectivity index (χ4v) is 2.47. The third kappa shape index (κ3) is 2.46. The van der Waals surface area contributed by atoms with Crippen LogP contribution in [-0.4, -0.2) is 52.8 Å². The van der Waals surface area contributed by atoms with Crippen LogP contribution >= 0.6 is 12.2 Å². The first-order chi connectivity index (χ1) is 7.71. The fraction of sp³-hybridized carbons (Fsp3) is 0.818. The first-order valence-corrected chi connectivity index (χ1v) is 6.14. The summed E-state index contributed by atoms with van der Waals surface area (Å²) in [5, 5.41) is 0.450. The molecule has 2 aliphatic heterocycles. The normalized spacial score (nSPS) is 21.8. The third-order valence-corrected chi connectivity index (χ3v) is 3.33. The van der Waals surface area contributed by atoms with Crippen LogP contribution in [0.1, 0.15) is 20.8 Å². The van der Waals surface area contributed by atoms with Crippen molar-refractivity contribution in [2.75, 3.05) is 26.2 Å². The number of hydrogen-bond donors (Lipinski definition) is 1. The molecular formula is C11H19N3O2S. The Labute approximate surface area is 107 Å². The van der Waals surface area contributed by atoms with E-state index in [4.69, 9.17) is 22.7 Å². The molecule has 0 aromatic carbocycles. The Morgan fingerprint density at radius 1 is 1.24 bits per heavy atom. The van der Waals surface area contributed by atoms with Crippen LogP contribution in [0.5, 0.6) is 0 Å². The summed E-state index contributed by atoms with van der Waals surface area (Å²) in [6.45, 7) is 8.85. The average Bonchev–Trinajstić information content (AvgIpc) is 1.93. The van der Waals surface area contributed by atoms with Crippen LogP contribution in [0.2, 0.25) is 0 Å². The minimum absolute atomic E-state index is 0.209. The molecule has 2 heterocycles. The molecule has 96 valence electrons. The predicted molar refractivity (Wildman–Crippen MR) is 68.6 cm³/mol. The number of rotatable bonds is 0. The minimum Gasteiger partial charge on any atom is -0.444 e. The van der Waals surface area contributed by atoms with Crippen LogP contribution in [0.3, 0.4) is 0 Å². The van der Waals surface area contributed by atoms with Crippen molar-refractivity contribution in [3.63, 3.8) is 0 Å². The minimum atomic E-state index is -0.426. The zero-order chi connectivity index (χ0) is 12.8. The summed E-state index contributed by atoms with van der Waals surface area (Å²) in [4.78, 5) is 15.4. The van der Waals surface area contributed by atoms with Crippen LogP contribution in [0.4, 0.5) is 4.79 Å². The molecule has 6 heteroatoms. The van der Waals surface area contributed by atoms with Crippen LogP contribution in [0.25, 0.3) is 0 Å². The lowest BCUT2D eigenvalue weighted by atomic mass is 9.73. The molecule has 0 atom stereocenters. The van der Waals surface area contributed by atoms with Crippen molar-refractivity contribution in [1.82, 2.24) is 9.80 Å². The van der Waals surface area contributed by atoms with Crippen molar-refractivity contribution in [1.29, 1.82) is 0 Å². The van der Waals surface area contributed by atoms with Crippen molar-refractivity contribution >= 4 is 23.4 Å². The van der Waals surface area contributed by atoms with Gasteiger partial charge in [-0.05, 0) is 33.0 Å². The molecule has 2 N–H and O–H groups in total. The number of ether oxygens (including phenoxy) is 1. The van der Waals surface area contributed by atoms with Gasteiger partial charge < -0.3 is 20.3 Å². The van der Waals surface area contributed by atoms with Gasteiger partial charge in [-0.1, -0.05) is 0 Å². The smallest absolute Gasteiger partial charge is 0.410 e. The van der Waals surface area contributed by atoms with Gasteiger partial charge in [-0.15, -0.1) is 0 Å². The lowest BCUT2D eigenvalue weighted by Gasteiger charge is -2.59. The molecule has 1 spiro atoms. The Hall–Kier alpha value is -1.04. The highest BCUT2D eigenvalue weighted by Crippen LogP contribution is 2.39. The predicted octanol–water partition coefficient (Wildman–Crippen LogP) is 0.783. The fourth-order valence-electron chi connectivity index (χ4n) is 2.34. The van der Waals surface area contributed by atoms with Gasteiger partial charge >= 0.3 is 6.09 Å². The lowest BCUT2D eigenvalue weighted by Crippen LogP contribution is -2.74. The second-order valence-corrected chi connectivity index (χ2v) is 6.45. The summed E-state index contributed by atoms with van der Waals surface area (Å²) in [6.07, 6.45) is -0.225. The van der Waals surface area contributed by atoms with E-state index in [1.165, 1.54) is 0 Å². The van der Waals surface area contributed by atoms with Gasteiger partial charge in [0.05, 0.1) is 0 Å². The van der Waals surface area contributed by atoms with Crippen molar-refractivity contribution in [3.05, 3.63) is 0 Å². The van der Waals surface area contributed by atoms with Crippen molar-refractivity contribution in [2.45, 2.75) is 26.4 Å². The van der Waals surface area contributed by atoms with Crippen molar-refractivity contribution in [3.8, 4) is 0 Å². The van der Waals surface area contributed by atoms with Gasteiger partial charge in [-0.25, -0.2) is 4.79 Å². The van der Waals surface area contributed by atoms with Crippen LogP contribution in [0, 0.1) is 5.41 Å². The van der Waals surface area contributed by atoms with E-state index in [-0.39, 0.29) is 11.5 Å². The Bertz CT molecular complexity index is 350. The van der Waals surface area contributed by atoms with Crippen molar-refractivity contribution < 1.29 is 9.53 Å². The maximum absolute atomic E-state index is 11.7. The molecule has 0 aliphatic carbocycles. The molecule has 0 unspecified atom stereocenters. The number of nitrogens with two attached hydrogens (primary N) is 1. The molecule has 2 rings (SSSR count). The third-order valence-electron chi connectivity index (χ3n) is 3.07. The maximum atomic E-state index is 11.7. The molecule has 0 saturated carbocycles. The zero-order valence-electron chi connectivity index (χ0n) is 10.5. The van der Waals surface area contributed by atoms with E-state index >= 15 is 0 Å². The monoisotopic (exact) mass is 257 g/mol. The van der Waals surface area contributed by atoms with Gasteiger partial charge in [0.25, 0.3) is 0 Å². The Morgan fingerprint density at radius 3 is 2.12 bits per heavy atom. The molecule has 0 radical (unpaired) electrons. The van der Waals surface area contributed by atoms with Crippen molar-refractivity contribution in [2.24, 2.45) is 11.1 Å². The highest BCUT2D eigenvalue weighted by Gasteiger charge is 2.54. The van der Waals surface area contributed by atoms with Crippen LogP contribution < -0.4 is 5.73 Å². The van der Waals surface area contributed by atoms with Gasteiger partial charge in [-0.2, -0.15) is 0 Å². The van der Waals surface area contributed by atoms with E-state index < -0.39 is 5.60 Å². The Balaban J connectivity index is 1.77. The summed E-state index contributed by atoms with van der Waals surface area (Å²) in [5.74, 6) is 0. The second kappa shape index (κ2) is 3.73. The number of nitrogens with zero attached hydrogens (tertiary/aromatic N) is 2. The summed E-state index contributed by atoms with van der Waals surface area (Å²) >= 11 is 4.89. The number of likely N-dealkylation sites (tertiary alicyclic amines) is 2. The van der Waals surface area contributed by atoms with Gasteiger partial charge in [0, 0.05) is 31.6 Å². The molecule has 2 fully saturated rings. The topological polar surface area (TPSA) is 58.8 Å². The SMILES string of the molecule is CC(C)(C)OC(=O)N1CC2(C1)CN(C(N)=S)C2. The highest BCUT2D eigenvalue weighted by atomic mass is 32.1. The molecule has 5 nitrogen and oxygen atoms in total. The van der Waals surface area contributed by atoms with E-state index in [2.05, 4.69) is 0 Å². The standard InChI is InChI=1S/C11H19N3O2S/c1-10(2,3)16-9(15)14-6-11(7-14)4-13(5-11)8(12)17/h4-7H2,1-3H3,(H2,12,17). The first-order valence-electron chi connectivity index (χ1n) is 5.73. The molecule has 1 amide bonds. The second-order valence-electron chi connectivity index (χ2n) is 6.03. The number of carbonyl (C=O) groups excluding carboxylic acids is 1. The van der Waals surface area contributed by atoms with Gasteiger partial charge in [0.1, 0.15) is 5.60 Å². The quantitative estimate of drug-likeness (QED) is 0.650.